The predicted molar refractivity (Wildman–Crippen MR) is 161 cm³/mol. The van der Waals surface area contributed by atoms with Gasteiger partial charge in [-0.05, 0) is 48.9 Å². The number of rotatable bonds is 10. The number of aliphatic hydroxyl groups excluding tert-OH is 1. The van der Waals surface area contributed by atoms with E-state index in [-0.39, 0.29) is 28.7 Å². The van der Waals surface area contributed by atoms with Crippen LogP contribution in [-0.4, -0.2) is 75.7 Å². The first kappa shape index (κ1) is 34.6. The van der Waals surface area contributed by atoms with Crippen molar-refractivity contribution in [3.63, 3.8) is 0 Å². The minimum Gasteiger partial charge on any atom is -0.482 e. The summed E-state index contributed by atoms with van der Waals surface area (Å²) in [6.45, 7) is 1.97. The van der Waals surface area contributed by atoms with Crippen LogP contribution in [0.1, 0.15) is 30.2 Å². The van der Waals surface area contributed by atoms with E-state index in [1.807, 2.05) is 6.07 Å². The number of likely N-dealkylation sites (tertiary alicyclic amines) is 1. The number of β-amino-alcohol motifs (C(OH)–C–C–N with tert-alkyl or cyclic N) is 1. The van der Waals surface area contributed by atoms with Gasteiger partial charge in [0.05, 0.1) is 44.9 Å². The van der Waals surface area contributed by atoms with Crippen molar-refractivity contribution >= 4 is 42.8 Å². The monoisotopic (exact) mass is 678 g/mol. The van der Waals surface area contributed by atoms with E-state index in [0.717, 1.165) is 55.5 Å². The van der Waals surface area contributed by atoms with Gasteiger partial charge >= 0.3 is 12.4 Å². The Labute approximate surface area is 260 Å². The minimum absolute atomic E-state index is 0.0150. The highest BCUT2D eigenvalue weighted by Crippen LogP contribution is 2.39. The zero-order valence-electron chi connectivity index (χ0n) is 24.1. The summed E-state index contributed by atoms with van der Waals surface area (Å²) in [7, 11) is -4.23. The predicted octanol–water partition coefficient (Wildman–Crippen LogP) is 5.32. The van der Waals surface area contributed by atoms with Crippen LogP contribution in [-0.2, 0) is 16.4 Å². The third-order valence-corrected chi connectivity index (χ3v) is 9.01. The lowest BCUT2D eigenvalue weighted by Crippen LogP contribution is -2.41. The molecule has 4 rings (SSSR count). The van der Waals surface area contributed by atoms with Crippen LogP contribution in [0.15, 0.2) is 41.3 Å². The summed E-state index contributed by atoms with van der Waals surface area (Å²) in [6.07, 6.45) is -9.23. The van der Waals surface area contributed by atoms with Gasteiger partial charge in [-0.1, -0.05) is 24.0 Å². The zero-order chi connectivity index (χ0) is 33.0. The maximum atomic E-state index is 13.6. The highest BCUT2D eigenvalue weighted by atomic mass is 32.2. The van der Waals surface area contributed by atoms with E-state index >= 15 is 0 Å². The quantitative estimate of drug-likeness (QED) is 0.170. The van der Waals surface area contributed by atoms with Crippen molar-refractivity contribution in [3.05, 3.63) is 46.8 Å². The number of aliphatic hydroxyl groups is 1. The molecule has 0 aliphatic carbocycles. The first-order valence-electron chi connectivity index (χ1n) is 13.9. The topological polar surface area (TPSA) is 117 Å². The molecular formula is C29H32F6N4O4S2. The lowest BCUT2D eigenvalue weighted by Gasteiger charge is -2.33. The van der Waals surface area contributed by atoms with E-state index < -0.39 is 52.2 Å². The van der Waals surface area contributed by atoms with E-state index in [0.29, 0.717) is 22.3 Å². The summed E-state index contributed by atoms with van der Waals surface area (Å²) >= 11 is 1.12. The van der Waals surface area contributed by atoms with E-state index in [4.69, 9.17) is 9.88 Å². The number of hydrogen-bond donors (Lipinski definition) is 4. The highest BCUT2D eigenvalue weighted by molar-refractivity contribution is 7.89. The van der Waals surface area contributed by atoms with Gasteiger partial charge in [-0.3, -0.25) is 0 Å². The number of hydrogen-bond acceptors (Lipinski definition) is 8. The maximum Gasteiger partial charge on any atom is 0.422 e. The molecule has 1 aliphatic heterocycles. The minimum atomic E-state index is -4.70. The van der Waals surface area contributed by atoms with Gasteiger partial charge < -0.3 is 25.4 Å². The van der Waals surface area contributed by atoms with Crippen molar-refractivity contribution in [1.29, 1.82) is 0 Å². The summed E-state index contributed by atoms with van der Waals surface area (Å²) in [5.41, 5.74) is 0.707. The van der Waals surface area contributed by atoms with Crippen molar-refractivity contribution in [1.82, 2.24) is 4.90 Å². The van der Waals surface area contributed by atoms with Crippen LogP contribution in [0.4, 0.5) is 37.7 Å². The van der Waals surface area contributed by atoms with Crippen LogP contribution in [0, 0.1) is 11.8 Å². The largest absolute Gasteiger partial charge is 0.482 e. The smallest absolute Gasteiger partial charge is 0.422 e. The van der Waals surface area contributed by atoms with Crippen molar-refractivity contribution < 1.29 is 44.6 Å². The van der Waals surface area contributed by atoms with E-state index in [9.17, 15) is 39.9 Å². The molecule has 1 aliphatic rings. The maximum absolute atomic E-state index is 13.6. The van der Waals surface area contributed by atoms with Gasteiger partial charge in [-0.25, -0.2) is 13.6 Å². The Kier molecular flexibility index (Phi) is 10.8. The molecule has 1 unspecified atom stereocenters. The first-order valence-corrected chi connectivity index (χ1v) is 16.2. The number of piperidine rings is 1. The van der Waals surface area contributed by atoms with Gasteiger partial charge in [-0.15, -0.1) is 11.3 Å². The van der Waals surface area contributed by atoms with Gasteiger partial charge in [-0.2, -0.15) is 26.3 Å². The molecular weight excluding hydrogens is 646 g/mol. The van der Waals surface area contributed by atoms with Gasteiger partial charge in [0.1, 0.15) is 5.75 Å². The number of primary sulfonamides is 1. The summed E-state index contributed by atoms with van der Waals surface area (Å²) in [5, 5.41) is 21.3. The third-order valence-electron chi connectivity index (χ3n) is 6.91. The van der Waals surface area contributed by atoms with Gasteiger partial charge in [0, 0.05) is 31.7 Å². The third kappa shape index (κ3) is 10.1. The standard InChI is InChI=1S/C29H32F6N4O4S2/c1-18(40)16-39-12-9-19(10-13-39)38-24-5-2-4-21-22(15-28(30,31)32)26(44-27(21)24)6-3-11-37-23-8-7-20(45(36,41)42)14-25(23)43-17-29(33,34)35/h2,4-5,7-8,14,18-19,37-38,40H,9-13,15-17H2,1H3,(H2,36,41,42). The molecule has 1 saturated heterocycles. The molecule has 16 heteroatoms. The fourth-order valence-electron chi connectivity index (χ4n) is 4.98. The second-order valence-electron chi connectivity index (χ2n) is 10.7. The summed E-state index contributed by atoms with van der Waals surface area (Å²) in [5.74, 6) is 5.05. The summed E-state index contributed by atoms with van der Waals surface area (Å²) < 4.78 is 108. The molecule has 0 radical (unpaired) electrons. The fourth-order valence-corrected chi connectivity index (χ4v) is 6.68. The second kappa shape index (κ2) is 14.0. The van der Waals surface area contributed by atoms with Crippen LogP contribution >= 0.6 is 11.3 Å². The highest BCUT2D eigenvalue weighted by Gasteiger charge is 2.32. The Bertz CT molecular complexity index is 1660. The average molecular weight is 679 g/mol. The Morgan fingerprint density at radius 3 is 2.44 bits per heavy atom. The molecule has 2 heterocycles. The van der Waals surface area contributed by atoms with Gasteiger partial charge in [0.25, 0.3) is 0 Å². The normalized spacial score (nSPS) is 15.8. The van der Waals surface area contributed by atoms with E-state index in [1.165, 1.54) is 0 Å². The number of thiophene rings is 1. The van der Waals surface area contributed by atoms with Crippen molar-refractivity contribution in [2.75, 3.05) is 43.4 Å². The lowest BCUT2D eigenvalue weighted by atomic mass is 10.0. The molecule has 3 aromatic rings. The number of nitrogens with zero attached hydrogens (tertiary/aromatic N) is 1. The van der Waals surface area contributed by atoms with E-state index in [2.05, 4.69) is 27.4 Å². The number of fused-ring (bicyclic) bond motifs is 1. The number of nitrogens with two attached hydrogens (primary N) is 1. The molecule has 246 valence electrons. The molecule has 45 heavy (non-hydrogen) atoms. The molecule has 1 aromatic heterocycles. The molecule has 2 aromatic carbocycles. The summed E-state index contributed by atoms with van der Waals surface area (Å²) in [6, 6.07) is 8.29. The Balaban J connectivity index is 1.56. The van der Waals surface area contributed by atoms with Crippen LogP contribution in [0.25, 0.3) is 10.1 Å². The zero-order valence-corrected chi connectivity index (χ0v) is 25.7. The lowest BCUT2D eigenvalue weighted by molar-refractivity contribution is -0.153. The molecule has 1 atom stereocenters. The summed E-state index contributed by atoms with van der Waals surface area (Å²) in [4.78, 5) is 1.90. The van der Waals surface area contributed by atoms with Crippen molar-refractivity contribution in [3.8, 4) is 17.6 Å². The number of halogens is 6. The van der Waals surface area contributed by atoms with Crippen LogP contribution in [0.2, 0.25) is 0 Å². The number of alkyl halides is 6. The number of sulfonamides is 1. The molecule has 0 spiro atoms. The Morgan fingerprint density at radius 1 is 1.11 bits per heavy atom. The van der Waals surface area contributed by atoms with Gasteiger partial charge in [0.2, 0.25) is 10.0 Å². The number of anilines is 2. The molecule has 1 fully saturated rings. The Hall–Kier alpha value is -3.23. The SMILES string of the molecule is CC(O)CN1CCC(Nc2cccc3c(CC(F)(F)F)c(C#CCNc4ccc(S(N)(=O)=O)cc4OCC(F)(F)F)sc23)CC1. The Morgan fingerprint density at radius 2 is 1.82 bits per heavy atom. The van der Waals surface area contributed by atoms with Crippen LogP contribution in [0.5, 0.6) is 5.75 Å². The van der Waals surface area contributed by atoms with Crippen LogP contribution < -0.4 is 20.5 Å². The van der Waals surface area contributed by atoms with Crippen LogP contribution in [0.3, 0.4) is 0 Å². The number of ether oxygens (including phenoxy) is 1. The van der Waals surface area contributed by atoms with E-state index in [1.54, 1.807) is 19.1 Å². The molecule has 0 amide bonds. The molecule has 0 saturated carbocycles. The second-order valence-corrected chi connectivity index (χ2v) is 13.3. The molecule has 5 N–H and O–H groups in total. The fraction of sp³-hybridized carbons (Fsp3) is 0.448. The first-order chi connectivity index (χ1) is 21.0. The van der Waals surface area contributed by atoms with Crippen molar-refractivity contribution in [2.45, 2.75) is 55.6 Å². The molecule has 8 nitrogen and oxygen atoms in total. The van der Waals surface area contributed by atoms with Gasteiger partial charge in [0.15, 0.2) is 6.61 Å². The number of benzene rings is 2. The average Bonchev–Trinajstić information content (AvgIpc) is 3.26. The van der Waals surface area contributed by atoms with Crippen molar-refractivity contribution in [2.24, 2.45) is 5.14 Å². The number of nitrogens with one attached hydrogen (secondary N) is 2. The molecule has 0 bridgehead atoms.